The molecular formula is C16H13BrClN3. The van der Waals surface area contributed by atoms with Crippen molar-refractivity contribution in [1.29, 1.82) is 0 Å². The van der Waals surface area contributed by atoms with Gasteiger partial charge in [0.05, 0.1) is 0 Å². The van der Waals surface area contributed by atoms with Crippen molar-refractivity contribution in [2.75, 3.05) is 11.9 Å². The van der Waals surface area contributed by atoms with Gasteiger partial charge in [-0.25, -0.2) is 0 Å². The summed E-state index contributed by atoms with van der Waals surface area (Å²) in [5.41, 5.74) is 1.20. The molecule has 0 bridgehead atoms. The minimum atomic E-state index is 0.434. The molecule has 0 saturated heterocycles. The van der Waals surface area contributed by atoms with Crippen LogP contribution >= 0.6 is 27.5 Å². The van der Waals surface area contributed by atoms with E-state index >= 15 is 0 Å². The lowest BCUT2D eigenvalue weighted by Gasteiger charge is -2.20. The second kappa shape index (κ2) is 6.00. The number of nitrogens with zero attached hydrogens (tertiary/aromatic N) is 3. The first-order valence-electron chi connectivity index (χ1n) is 6.52. The number of halogens is 2. The van der Waals surface area contributed by atoms with Gasteiger partial charge in [-0.15, -0.1) is 10.2 Å². The Kier molecular flexibility index (Phi) is 4.08. The fraction of sp³-hybridized carbons (Fsp3) is 0.125. The number of aromatic nitrogens is 2. The maximum atomic E-state index is 6.12. The predicted octanol–water partition coefficient (Wildman–Crippen LogP) is 4.68. The molecule has 0 aliphatic heterocycles. The number of rotatable bonds is 3. The first-order chi connectivity index (χ1) is 10.2. The summed E-state index contributed by atoms with van der Waals surface area (Å²) in [7, 11) is 2.00. The van der Waals surface area contributed by atoms with E-state index in [2.05, 4.69) is 37.1 Å². The zero-order valence-electron chi connectivity index (χ0n) is 11.4. The SMILES string of the molecule is CN(Cc1ccccc1Br)c1nnc(Cl)c2ccccc12. The largest absolute Gasteiger partial charge is 0.353 e. The van der Waals surface area contributed by atoms with E-state index in [1.165, 1.54) is 5.56 Å². The maximum Gasteiger partial charge on any atom is 0.159 e. The van der Waals surface area contributed by atoms with Gasteiger partial charge in [0.25, 0.3) is 0 Å². The van der Waals surface area contributed by atoms with Crippen molar-refractivity contribution in [3.8, 4) is 0 Å². The highest BCUT2D eigenvalue weighted by Gasteiger charge is 2.12. The van der Waals surface area contributed by atoms with E-state index in [1.54, 1.807) is 0 Å². The van der Waals surface area contributed by atoms with E-state index in [1.807, 2.05) is 49.5 Å². The Morgan fingerprint density at radius 2 is 1.67 bits per heavy atom. The van der Waals surface area contributed by atoms with E-state index in [0.29, 0.717) is 5.15 Å². The van der Waals surface area contributed by atoms with E-state index in [-0.39, 0.29) is 0 Å². The zero-order valence-corrected chi connectivity index (χ0v) is 13.8. The lowest BCUT2D eigenvalue weighted by molar-refractivity contribution is 0.873. The van der Waals surface area contributed by atoms with Gasteiger partial charge < -0.3 is 4.90 Å². The zero-order chi connectivity index (χ0) is 14.8. The summed E-state index contributed by atoms with van der Waals surface area (Å²) in [5.74, 6) is 0.825. The Morgan fingerprint density at radius 1 is 1.00 bits per heavy atom. The quantitative estimate of drug-likeness (QED) is 0.677. The molecule has 3 nitrogen and oxygen atoms in total. The molecule has 0 aliphatic carbocycles. The van der Waals surface area contributed by atoms with Crippen molar-refractivity contribution in [3.63, 3.8) is 0 Å². The fourth-order valence-corrected chi connectivity index (χ4v) is 2.91. The third kappa shape index (κ3) is 2.87. The van der Waals surface area contributed by atoms with Crippen LogP contribution in [0.4, 0.5) is 5.82 Å². The summed E-state index contributed by atoms with van der Waals surface area (Å²) < 4.78 is 1.09. The fourth-order valence-electron chi connectivity index (χ4n) is 2.30. The molecule has 0 aliphatic rings. The van der Waals surface area contributed by atoms with Gasteiger partial charge in [-0.3, -0.25) is 0 Å². The first kappa shape index (κ1) is 14.3. The van der Waals surface area contributed by atoms with Crippen LogP contribution in [0.1, 0.15) is 5.56 Å². The van der Waals surface area contributed by atoms with Gasteiger partial charge >= 0.3 is 0 Å². The highest BCUT2D eigenvalue weighted by Crippen LogP contribution is 2.29. The highest BCUT2D eigenvalue weighted by atomic mass is 79.9. The molecule has 3 aromatic rings. The molecular weight excluding hydrogens is 350 g/mol. The summed E-state index contributed by atoms with van der Waals surface area (Å²) in [5, 5.41) is 10.7. The number of fused-ring (bicyclic) bond motifs is 1. The third-order valence-electron chi connectivity index (χ3n) is 3.35. The Balaban J connectivity index is 2.01. The number of anilines is 1. The van der Waals surface area contributed by atoms with E-state index in [0.717, 1.165) is 27.6 Å². The number of hydrogen-bond acceptors (Lipinski definition) is 3. The van der Waals surface area contributed by atoms with Crippen molar-refractivity contribution in [2.24, 2.45) is 0 Å². The maximum absolute atomic E-state index is 6.12. The van der Waals surface area contributed by atoms with Gasteiger partial charge in [0, 0.05) is 28.8 Å². The highest BCUT2D eigenvalue weighted by molar-refractivity contribution is 9.10. The van der Waals surface area contributed by atoms with Crippen LogP contribution < -0.4 is 4.90 Å². The Morgan fingerprint density at radius 3 is 2.43 bits per heavy atom. The van der Waals surface area contributed by atoms with Crippen LogP contribution in [0.15, 0.2) is 53.0 Å². The van der Waals surface area contributed by atoms with Crippen molar-refractivity contribution in [1.82, 2.24) is 10.2 Å². The smallest absolute Gasteiger partial charge is 0.159 e. The standard InChI is InChI=1S/C16H13BrClN3/c1-21(10-11-6-2-5-9-14(11)17)16-13-8-4-3-7-12(13)15(18)19-20-16/h2-9H,10H2,1H3. The van der Waals surface area contributed by atoms with Gasteiger partial charge in [-0.2, -0.15) is 0 Å². The topological polar surface area (TPSA) is 29.0 Å². The molecule has 0 radical (unpaired) electrons. The van der Waals surface area contributed by atoms with Crippen LogP contribution in [0.5, 0.6) is 0 Å². The van der Waals surface area contributed by atoms with E-state index < -0.39 is 0 Å². The van der Waals surface area contributed by atoms with Crippen molar-refractivity contribution in [2.45, 2.75) is 6.54 Å². The Bertz CT molecular complexity index is 791. The average molecular weight is 363 g/mol. The monoisotopic (exact) mass is 361 g/mol. The van der Waals surface area contributed by atoms with Gasteiger partial charge in [0.1, 0.15) is 0 Å². The molecule has 1 aromatic heterocycles. The molecule has 0 unspecified atom stereocenters. The van der Waals surface area contributed by atoms with Crippen LogP contribution in [0.2, 0.25) is 5.15 Å². The summed E-state index contributed by atoms with van der Waals surface area (Å²) in [6, 6.07) is 16.1. The molecule has 106 valence electrons. The van der Waals surface area contributed by atoms with Gasteiger partial charge in [0.15, 0.2) is 11.0 Å². The lowest BCUT2D eigenvalue weighted by Crippen LogP contribution is -2.18. The third-order valence-corrected chi connectivity index (χ3v) is 4.40. The van der Waals surface area contributed by atoms with Crippen LogP contribution in [0.25, 0.3) is 10.8 Å². The second-order valence-electron chi connectivity index (χ2n) is 4.81. The van der Waals surface area contributed by atoms with Crippen LogP contribution in [0, 0.1) is 0 Å². The average Bonchev–Trinajstić information content (AvgIpc) is 2.50. The minimum Gasteiger partial charge on any atom is -0.353 e. The first-order valence-corrected chi connectivity index (χ1v) is 7.69. The molecule has 0 spiro atoms. The van der Waals surface area contributed by atoms with Crippen LogP contribution in [0.3, 0.4) is 0 Å². The Hall–Kier alpha value is -1.65. The van der Waals surface area contributed by atoms with Crippen molar-refractivity contribution in [3.05, 3.63) is 63.7 Å². The molecule has 0 atom stereocenters. The molecule has 0 amide bonds. The Labute approximate surface area is 136 Å². The van der Waals surface area contributed by atoms with Crippen molar-refractivity contribution < 1.29 is 0 Å². The lowest BCUT2D eigenvalue weighted by atomic mass is 10.1. The van der Waals surface area contributed by atoms with Crippen molar-refractivity contribution >= 4 is 44.1 Å². The molecule has 0 saturated carbocycles. The summed E-state index contributed by atoms with van der Waals surface area (Å²) in [6.07, 6.45) is 0. The van der Waals surface area contributed by atoms with Gasteiger partial charge in [0.2, 0.25) is 0 Å². The van der Waals surface area contributed by atoms with Crippen LogP contribution in [-0.2, 0) is 6.54 Å². The molecule has 0 N–H and O–H groups in total. The predicted molar refractivity (Wildman–Crippen MR) is 90.8 cm³/mol. The number of hydrogen-bond donors (Lipinski definition) is 0. The second-order valence-corrected chi connectivity index (χ2v) is 6.02. The molecule has 1 heterocycles. The molecule has 0 fully saturated rings. The van der Waals surface area contributed by atoms with Gasteiger partial charge in [-0.05, 0) is 11.6 Å². The number of benzene rings is 2. The van der Waals surface area contributed by atoms with Crippen LogP contribution in [-0.4, -0.2) is 17.2 Å². The normalized spacial score (nSPS) is 10.8. The van der Waals surface area contributed by atoms with E-state index in [9.17, 15) is 0 Å². The minimum absolute atomic E-state index is 0.434. The van der Waals surface area contributed by atoms with E-state index in [4.69, 9.17) is 11.6 Å². The van der Waals surface area contributed by atoms with Gasteiger partial charge in [-0.1, -0.05) is 70.0 Å². The molecule has 5 heteroatoms. The summed E-state index contributed by atoms with van der Waals surface area (Å²) in [4.78, 5) is 2.08. The summed E-state index contributed by atoms with van der Waals surface area (Å²) >= 11 is 9.69. The molecule has 3 rings (SSSR count). The summed E-state index contributed by atoms with van der Waals surface area (Å²) in [6.45, 7) is 0.738. The molecule has 21 heavy (non-hydrogen) atoms. The molecule has 2 aromatic carbocycles.